The zero-order chi connectivity index (χ0) is 25.9. The molecule has 188 valence electrons. The van der Waals surface area contributed by atoms with Crippen molar-refractivity contribution in [3.05, 3.63) is 99.8 Å². The highest BCUT2D eigenvalue weighted by Crippen LogP contribution is 2.38. The zero-order valence-corrected chi connectivity index (χ0v) is 20.4. The predicted octanol–water partition coefficient (Wildman–Crippen LogP) is 5.58. The number of amides is 2. The van der Waals surface area contributed by atoms with Crippen LogP contribution in [0.5, 0.6) is 5.75 Å². The molecular formula is C27H25F3N2O3S. The van der Waals surface area contributed by atoms with Gasteiger partial charge < -0.3 is 14.5 Å². The summed E-state index contributed by atoms with van der Waals surface area (Å²) >= 11 is 1.65. The van der Waals surface area contributed by atoms with Gasteiger partial charge in [0, 0.05) is 23.5 Å². The molecule has 4 rings (SSSR count). The Labute approximate surface area is 211 Å². The van der Waals surface area contributed by atoms with E-state index in [2.05, 4.69) is 6.58 Å². The Bertz CT molecular complexity index is 1240. The van der Waals surface area contributed by atoms with Crippen molar-refractivity contribution in [3.8, 4) is 5.75 Å². The number of methoxy groups -OCH3 is 1. The number of nitrogens with zero attached hydrogens (tertiary/aromatic N) is 2. The Morgan fingerprint density at radius 2 is 1.83 bits per heavy atom. The maximum Gasteiger partial charge on any atom is 0.416 e. The smallest absolute Gasteiger partial charge is 0.416 e. The van der Waals surface area contributed by atoms with E-state index in [9.17, 15) is 22.8 Å². The lowest BCUT2D eigenvalue weighted by Gasteiger charge is -2.37. The van der Waals surface area contributed by atoms with Crippen LogP contribution in [0.15, 0.2) is 72.6 Å². The molecule has 0 radical (unpaired) electrons. The molecule has 0 N–H and O–H groups in total. The Morgan fingerprint density at radius 3 is 2.44 bits per heavy atom. The number of carbonyl (C=O) groups excluding carboxylic acids is 2. The van der Waals surface area contributed by atoms with Gasteiger partial charge in [-0.1, -0.05) is 18.2 Å². The fraction of sp³-hybridized carbons (Fsp3) is 0.259. The van der Waals surface area contributed by atoms with Crippen molar-refractivity contribution in [2.45, 2.75) is 18.6 Å². The van der Waals surface area contributed by atoms with Gasteiger partial charge in [0.25, 0.3) is 5.91 Å². The number of alkyl halides is 3. The van der Waals surface area contributed by atoms with Crippen molar-refractivity contribution in [1.82, 2.24) is 9.80 Å². The molecular weight excluding hydrogens is 489 g/mol. The molecule has 1 aromatic heterocycles. The number of ether oxygens (including phenoxy) is 1. The number of benzene rings is 2. The van der Waals surface area contributed by atoms with Crippen LogP contribution in [0.4, 0.5) is 13.2 Å². The Hall–Kier alpha value is -3.59. The normalized spacial score (nSPS) is 15.2. The first kappa shape index (κ1) is 25.5. The van der Waals surface area contributed by atoms with Gasteiger partial charge in [-0.2, -0.15) is 13.2 Å². The molecule has 0 fully saturated rings. The van der Waals surface area contributed by atoms with Gasteiger partial charge in [0.2, 0.25) is 5.91 Å². The van der Waals surface area contributed by atoms with Gasteiger partial charge in [-0.15, -0.1) is 17.9 Å². The monoisotopic (exact) mass is 514 g/mol. The van der Waals surface area contributed by atoms with E-state index in [0.717, 1.165) is 35.4 Å². The number of rotatable bonds is 7. The molecule has 0 saturated heterocycles. The first-order valence-electron chi connectivity index (χ1n) is 11.3. The van der Waals surface area contributed by atoms with Crippen molar-refractivity contribution < 1.29 is 27.5 Å². The molecule has 2 aromatic carbocycles. The van der Waals surface area contributed by atoms with Crippen LogP contribution >= 0.6 is 11.3 Å². The van der Waals surface area contributed by atoms with Gasteiger partial charge in [0.05, 0.1) is 18.7 Å². The third-order valence-corrected chi connectivity index (χ3v) is 7.14. The molecule has 1 aliphatic rings. The Balaban J connectivity index is 1.58. The van der Waals surface area contributed by atoms with E-state index in [1.54, 1.807) is 23.3 Å². The second kappa shape index (κ2) is 10.6. The zero-order valence-electron chi connectivity index (χ0n) is 19.6. The number of hydrogen-bond donors (Lipinski definition) is 0. The fourth-order valence-corrected chi connectivity index (χ4v) is 5.25. The van der Waals surface area contributed by atoms with Crippen molar-refractivity contribution in [3.63, 3.8) is 0 Å². The first-order valence-corrected chi connectivity index (χ1v) is 12.2. The molecule has 0 spiro atoms. The standard InChI is InChI=1S/C27H25F3N2O3S/c1-3-14-31(26(34)19-4-8-20(9-5-19)27(28,29)30)17-24(33)32-15-12-23-22(13-16-36-23)25(32)18-6-10-21(35-2)11-7-18/h3-11,13,16,25H,1,12,14-15,17H2,2H3. The SMILES string of the molecule is C=CCN(CC(=O)N1CCc2sccc2C1c1ccc(OC)cc1)C(=O)c1ccc(C(F)(F)F)cc1. The van der Waals surface area contributed by atoms with E-state index >= 15 is 0 Å². The fourth-order valence-electron chi connectivity index (χ4n) is 4.34. The first-order chi connectivity index (χ1) is 17.2. The minimum absolute atomic E-state index is 0.0723. The van der Waals surface area contributed by atoms with Gasteiger partial charge in [0.15, 0.2) is 0 Å². The number of hydrogen-bond acceptors (Lipinski definition) is 4. The lowest BCUT2D eigenvalue weighted by Crippen LogP contribution is -2.46. The van der Waals surface area contributed by atoms with Gasteiger partial charge >= 0.3 is 6.18 Å². The molecule has 5 nitrogen and oxygen atoms in total. The van der Waals surface area contributed by atoms with E-state index in [1.165, 1.54) is 15.9 Å². The summed E-state index contributed by atoms with van der Waals surface area (Å²) in [4.78, 5) is 30.9. The Morgan fingerprint density at radius 1 is 1.14 bits per heavy atom. The van der Waals surface area contributed by atoms with Gasteiger partial charge in [-0.3, -0.25) is 9.59 Å². The Kier molecular flexibility index (Phi) is 7.49. The second-order valence-electron chi connectivity index (χ2n) is 8.36. The highest BCUT2D eigenvalue weighted by Gasteiger charge is 2.34. The molecule has 2 heterocycles. The lowest BCUT2D eigenvalue weighted by atomic mass is 9.93. The lowest BCUT2D eigenvalue weighted by molar-refractivity contribution is -0.137. The molecule has 9 heteroatoms. The van der Waals surface area contributed by atoms with Gasteiger partial charge in [-0.25, -0.2) is 0 Å². The highest BCUT2D eigenvalue weighted by molar-refractivity contribution is 7.10. The highest BCUT2D eigenvalue weighted by atomic mass is 32.1. The molecule has 1 atom stereocenters. The van der Waals surface area contributed by atoms with E-state index in [-0.39, 0.29) is 30.6 Å². The molecule has 1 unspecified atom stereocenters. The number of thiophene rings is 1. The van der Waals surface area contributed by atoms with Crippen LogP contribution < -0.4 is 4.74 Å². The number of carbonyl (C=O) groups is 2. The minimum atomic E-state index is -4.50. The van der Waals surface area contributed by atoms with E-state index in [1.807, 2.05) is 35.7 Å². The van der Waals surface area contributed by atoms with Gasteiger partial charge in [0.1, 0.15) is 12.3 Å². The van der Waals surface area contributed by atoms with Crippen LogP contribution in [0.1, 0.15) is 38.0 Å². The van der Waals surface area contributed by atoms with Crippen LogP contribution in [0, 0.1) is 0 Å². The van der Waals surface area contributed by atoms with Crippen LogP contribution in [0.2, 0.25) is 0 Å². The summed E-state index contributed by atoms with van der Waals surface area (Å²) < 4.78 is 44.0. The topological polar surface area (TPSA) is 49.9 Å². The summed E-state index contributed by atoms with van der Waals surface area (Å²) in [6.07, 6.45) is -2.30. The largest absolute Gasteiger partial charge is 0.497 e. The summed E-state index contributed by atoms with van der Waals surface area (Å²) in [6.45, 7) is 4.01. The maximum atomic E-state index is 13.6. The van der Waals surface area contributed by atoms with Crippen LogP contribution in [0.25, 0.3) is 0 Å². The van der Waals surface area contributed by atoms with E-state index in [4.69, 9.17) is 4.74 Å². The van der Waals surface area contributed by atoms with Gasteiger partial charge in [-0.05, 0) is 65.4 Å². The van der Waals surface area contributed by atoms with Crippen molar-refractivity contribution in [2.24, 2.45) is 0 Å². The summed E-state index contributed by atoms with van der Waals surface area (Å²) in [7, 11) is 1.59. The molecule has 0 saturated carbocycles. The van der Waals surface area contributed by atoms with Crippen molar-refractivity contribution in [2.75, 3.05) is 26.7 Å². The van der Waals surface area contributed by atoms with E-state index in [0.29, 0.717) is 18.7 Å². The maximum absolute atomic E-state index is 13.6. The molecule has 2 amide bonds. The summed E-state index contributed by atoms with van der Waals surface area (Å²) in [5.41, 5.74) is 1.21. The molecule has 0 aliphatic carbocycles. The van der Waals surface area contributed by atoms with Crippen LogP contribution in [-0.2, 0) is 17.4 Å². The number of fused-ring (bicyclic) bond motifs is 1. The second-order valence-corrected chi connectivity index (χ2v) is 9.36. The molecule has 0 bridgehead atoms. The molecule has 1 aliphatic heterocycles. The quantitative estimate of drug-likeness (QED) is 0.387. The minimum Gasteiger partial charge on any atom is -0.497 e. The van der Waals surface area contributed by atoms with Crippen molar-refractivity contribution in [1.29, 1.82) is 0 Å². The third-order valence-electron chi connectivity index (χ3n) is 6.14. The van der Waals surface area contributed by atoms with E-state index < -0.39 is 17.6 Å². The van der Waals surface area contributed by atoms with Crippen molar-refractivity contribution >= 4 is 23.2 Å². The van der Waals surface area contributed by atoms with Crippen LogP contribution in [-0.4, -0.2) is 48.4 Å². The van der Waals surface area contributed by atoms with Crippen LogP contribution in [0.3, 0.4) is 0 Å². The summed E-state index contributed by atoms with van der Waals surface area (Å²) in [5, 5.41) is 2.01. The average molecular weight is 515 g/mol. The summed E-state index contributed by atoms with van der Waals surface area (Å²) in [5.74, 6) is -0.0849. The number of halogens is 3. The average Bonchev–Trinajstić information content (AvgIpc) is 3.36. The molecule has 36 heavy (non-hydrogen) atoms. The summed E-state index contributed by atoms with van der Waals surface area (Å²) in [6, 6.07) is 13.2. The third kappa shape index (κ3) is 5.31. The predicted molar refractivity (Wildman–Crippen MR) is 132 cm³/mol. The molecule has 3 aromatic rings.